The van der Waals surface area contributed by atoms with Crippen LogP contribution in [0.4, 0.5) is 0 Å². The molecule has 0 aliphatic carbocycles. The van der Waals surface area contributed by atoms with Gasteiger partial charge in [0.1, 0.15) is 0 Å². The number of ether oxygens (including phenoxy) is 1. The molecule has 0 bridgehead atoms. The Bertz CT molecular complexity index is 429. The Morgan fingerprint density at radius 3 is 2.89 bits per heavy atom. The number of halogens is 1. The van der Waals surface area contributed by atoms with E-state index >= 15 is 0 Å². The second-order valence-corrected chi connectivity index (χ2v) is 5.14. The Morgan fingerprint density at radius 1 is 1.47 bits per heavy atom. The van der Waals surface area contributed by atoms with Crippen LogP contribution in [0, 0.1) is 0 Å². The molecule has 106 valence electrons. The number of rotatable bonds is 7. The summed E-state index contributed by atoms with van der Waals surface area (Å²) in [5, 5.41) is 3.27. The Morgan fingerprint density at radius 2 is 2.21 bits per heavy atom. The maximum atomic E-state index is 11.9. The van der Waals surface area contributed by atoms with Crippen LogP contribution in [0.2, 0.25) is 5.02 Å². The summed E-state index contributed by atoms with van der Waals surface area (Å²) >= 11 is 10.2. The van der Waals surface area contributed by atoms with Crippen molar-refractivity contribution in [2.45, 2.75) is 4.90 Å². The molecule has 1 rings (SSSR count). The van der Waals surface area contributed by atoms with Gasteiger partial charge < -0.3 is 15.0 Å². The number of nitrogens with one attached hydrogen (secondary N) is 1. The largest absolute Gasteiger partial charge is 0.383 e. The van der Waals surface area contributed by atoms with Gasteiger partial charge in [-0.15, -0.1) is 12.6 Å². The summed E-state index contributed by atoms with van der Waals surface area (Å²) in [5.74, 6) is -0.180. The topological polar surface area (TPSA) is 41.6 Å². The first-order valence-electron chi connectivity index (χ1n) is 5.98. The van der Waals surface area contributed by atoms with Gasteiger partial charge in [-0.2, -0.15) is 0 Å². The lowest BCUT2D eigenvalue weighted by molar-refractivity contribution is 0.0947. The number of carbonyl (C=O) groups is 1. The Labute approximate surface area is 124 Å². The molecular formula is C13H19ClN2O2S. The van der Waals surface area contributed by atoms with Gasteiger partial charge in [0.2, 0.25) is 0 Å². The third-order valence-electron chi connectivity index (χ3n) is 2.65. The number of thiol groups is 1. The van der Waals surface area contributed by atoms with Crippen molar-refractivity contribution in [2.24, 2.45) is 0 Å². The molecule has 0 fully saturated rings. The third-order valence-corrected chi connectivity index (χ3v) is 3.26. The van der Waals surface area contributed by atoms with Crippen molar-refractivity contribution in [1.82, 2.24) is 10.2 Å². The zero-order chi connectivity index (χ0) is 14.3. The molecule has 1 aromatic rings. The summed E-state index contributed by atoms with van der Waals surface area (Å²) in [7, 11) is 3.65. The van der Waals surface area contributed by atoms with Gasteiger partial charge in [-0.05, 0) is 25.2 Å². The van der Waals surface area contributed by atoms with E-state index in [1.54, 1.807) is 25.3 Å². The lowest BCUT2D eigenvalue weighted by Crippen LogP contribution is -2.34. The third kappa shape index (κ3) is 5.82. The molecule has 19 heavy (non-hydrogen) atoms. The van der Waals surface area contributed by atoms with Gasteiger partial charge in [-0.3, -0.25) is 4.79 Å². The maximum absolute atomic E-state index is 11.9. The summed E-state index contributed by atoms with van der Waals surface area (Å²) in [6.07, 6.45) is 0. The fourth-order valence-electron chi connectivity index (χ4n) is 1.50. The predicted molar refractivity (Wildman–Crippen MR) is 80.4 cm³/mol. The molecule has 1 amide bonds. The van der Waals surface area contributed by atoms with E-state index < -0.39 is 0 Å². The van der Waals surface area contributed by atoms with Gasteiger partial charge in [-0.25, -0.2) is 0 Å². The molecular weight excluding hydrogens is 284 g/mol. The van der Waals surface area contributed by atoms with Crippen LogP contribution in [-0.2, 0) is 4.74 Å². The van der Waals surface area contributed by atoms with Crippen LogP contribution in [0.25, 0.3) is 0 Å². The molecule has 0 radical (unpaired) electrons. The van der Waals surface area contributed by atoms with Crippen LogP contribution in [0.3, 0.4) is 0 Å². The van der Waals surface area contributed by atoms with Crippen molar-refractivity contribution in [3.8, 4) is 0 Å². The maximum Gasteiger partial charge on any atom is 0.252 e. The van der Waals surface area contributed by atoms with Crippen LogP contribution in [0.5, 0.6) is 0 Å². The van der Waals surface area contributed by atoms with Crippen molar-refractivity contribution < 1.29 is 9.53 Å². The van der Waals surface area contributed by atoms with Crippen LogP contribution in [-0.4, -0.2) is 51.2 Å². The van der Waals surface area contributed by atoms with E-state index in [2.05, 4.69) is 22.8 Å². The molecule has 1 aromatic carbocycles. The zero-order valence-corrected chi connectivity index (χ0v) is 12.8. The van der Waals surface area contributed by atoms with Gasteiger partial charge >= 0.3 is 0 Å². The van der Waals surface area contributed by atoms with Crippen LogP contribution in [0.15, 0.2) is 23.1 Å². The molecule has 6 heteroatoms. The molecule has 0 atom stereocenters. The number of methoxy groups -OCH3 is 1. The van der Waals surface area contributed by atoms with E-state index in [4.69, 9.17) is 16.3 Å². The van der Waals surface area contributed by atoms with Crippen molar-refractivity contribution in [3.63, 3.8) is 0 Å². The Kier molecular flexibility index (Phi) is 7.23. The molecule has 0 aromatic heterocycles. The van der Waals surface area contributed by atoms with Crippen molar-refractivity contribution >= 4 is 30.1 Å². The first-order chi connectivity index (χ1) is 9.04. The number of benzene rings is 1. The fourth-order valence-corrected chi connectivity index (χ4v) is 1.91. The minimum absolute atomic E-state index is 0.180. The molecule has 0 aliphatic heterocycles. The van der Waals surface area contributed by atoms with Crippen molar-refractivity contribution in [2.75, 3.05) is 40.4 Å². The summed E-state index contributed by atoms with van der Waals surface area (Å²) in [4.78, 5) is 14.7. The molecule has 0 saturated heterocycles. The summed E-state index contributed by atoms with van der Waals surface area (Å²) in [6, 6.07) is 5.08. The van der Waals surface area contributed by atoms with Crippen molar-refractivity contribution in [3.05, 3.63) is 28.8 Å². The number of likely N-dealkylation sites (N-methyl/N-ethyl adjacent to an activating group) is 1. The van der Waals surface area contributed by atoms with Gasteiger partial charge in [-0.1, -0.05) is 11.6 Å². The molecule has 0 unspecified atom stereocenters. The highest BCUT2D eigenvalue weighted by Gasteiger charge is 2.10. The monoisotopic (exact) mass is 302 g/mol. The van der Waals surface area contributed by atoms with Gasteiger partial charge in [0.05, 0.1) is 17.2 Å². The molecule has 1 N–H and O–H groups in total. The number of hydrogen-bond donors (Lipinski definition) is 2. The summed E-state index contributed by atoms with van der Waals surface area (Å²) in [5.41, 5.74) is 0.453. The first kappa shape index (κ1) is 16.3. The second kappa shape index (κ2) is 8.43. The Balaban J connectivity index is 2.41. The normalized spacial score (nSPS) is 10.8. The van der Waals surface area contributed by atoms with E-state index in [9.17, 15) is 4.79 Å². The molecule has 0 heterocycles. The highest BCUT2D eigenvalue weighted by atomic mass is 35.5. The highest BCUT2D eigenvalue weighted by molar-refractivity contribution is 7.80. The van der Waals surface area contributed by atoms with Crippen LogP contribution < -0.4 is 5.32 Å². The van der Waals surface area contributed by atoms with Crippen molar-refractivity contribution in [1.29, 1.82) is 0 Å². The fraction of sp³-hybridized carbons (Fsp3) is 0.462. The standard InChI is InChI=1S/C13H19ClN2O2S/c1-16(7-8-18-2)6-5-15-13(17)11-9-10(19)3-4-12(11)14/h3-4,9,19H,5-8H2,1-2H3,(H,15,17). The van der Waals surface area contributed by atoms with E-state index in [-0.39, 0.29) is 5.91 Å². The number of nitrogens with zero attached hydrogens (tertiary/aromatic N) is 1. The van der Waals surface area contributed by atoms with E-state index in [0.717, 1.165) is 13.1 Å². The second-order valence-electron chi connectivity index (χ2n) is 4.22. The van der Waals surface area contributed by atoms with E-state index in [0.29, 0.717) is 28.6 Å². The first-order valence-corrected chi connectivity index (χ1v) is 6.81. The average Bonchev–Trinajstić information content (AvgIpc) is 2.39. The minimum atomic E-state index is -0.180. The SMILES string of the molecule is COCCN(C)CCNC(=O)c1cc(S)ccc1Cl. The van der Waals surface area contributed by atoms with Crippen LogP contribution in [0.1, 0.15) is 10.4 Å². The van der Waals surface area contributed by atoms with E-state index in [1.165, 1.54) is 0 Å². The summed E-state index contributed by atoms with van der Waals surface area (Å²) in [6.45, 7) is 2.83. The Hall–Kier alpha value is -0.750. The van der Waals surface area contributed by atoms with Gasteiger partial charge in [0.15, 0.2) is 0 Å². The van der Waals surface area contributed by atoms with Gasteiger partial charge in [0.25, 0.3) is 5.91 Å². The zero-order valence-electron chi connectivity index (χ0n) is 11.1. The molecule has 4 nitrogen and oxygen atoms in total. The average molecular weight is 303 g/mol. The molecule has 0 aliphatic rings. The van der Waals surface area contributed by atoms with Gasteiger partial charge in [0, 0.05) is 31.6 Å². The number of hydrogen-bond acceptors (Lipinski definition) is 4. The smallest absolute Gasteiger partial charge is 0.252 e. The lowest BCUT2D eigenvalue weighted by Gasteiger charge is -2.16. The number of amides is 1. The molecule has 0 spiro atoms. The highest BCUT2D eigenvalue weighted by Crippen LogP contribution is 2.19. The molecule has 0 saturated carbocycles. The summed E-state index contributed by atoms with van der Waals surface area (Å²) < 4.78 is 4.98. The van der Waals surface area contributed by atoms with E-state index in [1.807, 2.05) is 7.05 Å². The predicted octanol–water partition coefficient (Wildman–Crippen LogP) is 1.94. The number of carbonyl (C=O) groups excluding carboxylic acids is 1. The lowest BCUT2D eigenvalue weighted by atomic mass is 10.2. The minimum Gasteiger partial charge on any atom is -0.383 e. The quantitative estimate of drug-likeness (QED) is 0.756. The van der Waals surface area contributed by atoms with Crippen LogP contribution >= 0.6 is 24.2 Å².